The summed E-state index contributed by atoms with van der Waals surface area (Å²) in [6.07, 6.45) is 2.79. The van der Waals surface area contributed by atoms with Crippen LogP contribution in [0.1, 0.15) is 11.1 Å². The quantitative estimate of drug-likeness (QED) is 0.0756. The molecule has 0 atom stereocenters. The minimum absolute atomic E-state index is 0.0274. The van der Waals surface area contributed by atoms with E-state index in [9.17, 15) is 35.1 Å². The van der Waals surface area contributed by atoms with Gasteiger partial charge in [-0.25, -0.2) is 0 Å². The monoisotopic (exact) mass is 593 g/mol. The highest BCUT2D eigenvalue weighted by Gasteiger charge is 2.21. The molecule has 4 aromatic rings. The summed E-state index contributed by atoms with van der Waals surface area (Å²) in [5.41, 5.74) is 0.868. The van der Waals surface area contributed by atoms with Crippen LogP contribution < -0.4 is 15.5 Å². The Hall–Kier alpha value is -5.20. The molecular weight excluding hydrogens is 562 g/mol. The van der Waals surface area contributed by atoms with Crippen molar-refractivity contribution in [1.82, 2.24) is 5.32 Å². The number of phenolic OH excluding ortho intramolecular Hbond substituents is 5. The largest absolute Gasteiger partial charge is 0.508 e. The van der Waals surface area contributed by atoms with E-state index in [1.807, 2.05) is 0 Å². The van der Waals surface area contributed by atoms with Crippen molar-refractivity contribution in [3.63, 3.8) is 0 Å². The van der Waals surface area contributed by atoms with E-state index in [4.69, 9.17) is 18.6 Å². The molecule has 0 spiro atoms. The predicted octanol–water partition coefficient (Wildman–Crippen LogP) is 3.54. The average molecular weight is 594 g/mol. The molecule has 0 unspecified atom stereocenters. The molecule has 0 radical (unpaired) electrons. The van der Waals surface area contributed by atoms with Crippen LogP contribution in [-0.4, -0.2) is 71.0 Å². The van der Waals surface area contributed by atoms with Crippen LogP contribution in [0.15, 0.2) is 63.8 Å². The zero-order valence-corrected chi connectivity index (χ0v) is 23.2. The van der Waals surface area contributed by atoms with E-state index in [0.29, 0.717) is 16.7 Å². The van der Waals surface area contributed by atoms with Crippen LogP contribution in [0.25, 0.3) is 28.4 Å². The molecule has 0 fully saturated rings. The van der Waals surface area contributed by atoms with Crippen molar-refractivity contribution in [2.75, 3.05) is 39.6 Å². The number of carbonyl (C=O) groups is 1. The minimum Gasteiger partial charge on any atom is -0.508 e. The maximum absolute atomic E-state index is 13.3. The normalized spacial score (nSPS) is 11.3. The first-order valence-corrected chi connectivity index (χ1v) is 13.2. The van der Waals surface area contributed by atoms with Crippen LogP contribution in [0.3, 0.4) is 0 Å². The number of hydrogen-bond donors (Lipinski definition) is 6. The summed E-state index contributed by atoms with van der Waals surface area (Å²) in [7, 11) is 0. The van der Waals surface area contributed by atoms with Crippen LogP contribution in [0, 0.1) is 6.92 Å². The Bertz CT molecular complexity index is 1690. The maximum atomic E-state index is 13.3. The third-order valence-electron chi connectivity index (χ3n) is 6.19. The minimum atomic E-state index is -0.638. The van der Waals surface area contributed by atoms with Crippen molar-refractivity contribution in [2.45, 2.75) is 6.92 Å². The fraction of sp³-hybridized carbons (Fsp3) is 0.226. The van der Waals surface area contributed by atoms with Gasteiger partial charge < -0.3 is 49.5 Å². The lowest BCUT2D eigenvalue weighted by molar-refractivity contribution is -0.116. The van der Waals surface area contributed by atoms with Crippen molar-refractivity contribution in [3.05, 3.63) is 76.0 Å². The fourth-order valence-electron chi connectivity index (χ4n) is 4.03. The number of rotatable bonds is 13. The first-order valence-electron chi connectivity index (χ1n) is 13.2. The van der Waals surface area contributed by atoms with Gasteiger partial charge in [-0.3, -0.25) is 9.59 Å². The number of phenols is 5. The van der Waals surface area contributed by atoms with Crippen LogP contribution in [-0.2, 0) is 14.3 Å². The maximum Gasteiger partial charge on any atom is 0.244 e. The number of carbonyl (C=O) groups excluding carboxylic acids is 1. The summed E-state index contributed by atoms with van der Waals surface area (Å²) in [6.45, 7) is 2.72. The van der Waals surface area contributed by atoms with Crippen molar-refractivity contribution in [2.24, 2.45) is 0 Å². The highest BCUT2D eigenvalue weighted by Crippen LogP contribution is 2.36. The van der Waals surface area contributed by atoms with Crippen LogP contribution in [0.5, 0.6) is 34.5 Å². The van der Waals surface area contributed by atoms with Crippen molar-refractivity contribution >= 4 is 23.0 Å². The van der Waals surface area contributed by atoms with E-state index in [1.54, 1.807) is 25.1 Å². The Morgan fingerprint density at radius 2 is 1.56 bits per heavy atom. The van der Waals surface area contributed by atoms with Crippen molar-refractivity contribution < 1.29 is 49.0 Å². The number of amides is 1. The Balaban J connectivity index is 1.24. The molecule has 0 aliphatic carbocycles. The Morgan fingerprint density at radius 1 is 0.837 bits per heavy atom. The summed E-state index contributed by atoms with van der Waals surface area (Å²) >= 11 is 0. The molecule has 1 heterocycles. The molecule has 0 aliphatic heterocycles. The van der Waals surface area contributed by atoms with Crippen LogP contribution in [0.2, 0.25) is 0 Å². The molecule has 0 aliphatic rings. The van der Waals surface area contributed by atoms with Gasteiger partial charge in [0.1, 0.15) is 34.8 Å². The highest BCUT2D eigenvalue weighted by atomic mass is 16.5. The topological polar surface area (TPSA) is 188 Å². The second-order valence-electron chi connectivity index (χ2n) is 9.37. The van der Waals surface area contributed by atoms with E-state index in [-0.39, 0.29) is 91.0 Å². The fourth-order valence-corrected chi connectivity index (χ4v) is 4.03. The smallest absolute Gasteiger partial charge is 0.244 e. The van der Waals surface area contributed by atoms with Crippen LogP contribution >= 0.6 is 0 Å². The molecule has 226 valence electrons. The van der Waals surface area contributed by atoms with Gasteiger partial charge in [0.2, 0.25) is 17.1 Å². The Kier molecular flexibility index (Phi) is 10.1. The number of ether oxygens (including phenoxy) is 3. The van der Waals surface area contributed by atoms with Crippen molar-refractivity contribution in [3.8, 4) is 45.8 Å². The third-order valence-corrected chi connectivity index (χ3v) is 6.19. The average Bonchev–Trinajstić information content (AvgIpc) is 2.96. The molecule has 3 aromatic carbocycles. The first kappa shape index (κ1) is 30.8. The van der Waals surface area contributed by atoms with E-state index in [0.717, 1.165) is 6.07 Å². The van der Waals surface area contributed by atoms with Gasteiger partial charge in [-0.15, -0.1) is 0 Å². The Labute approximate surface area is 245 Å². The molecule has 0 bridgehead atoms. The summed E-state index contributed by atoms with van der Waals surface area (Å²) in [5, 5.41) is 51.3. The SMILES string of the molecule is Cc1cc(-c2oc3cc(O)cc(O)c3c(=O)c2OCCOCCOCCNC(=O)/C=C/c2ccc(O)c(O)c2)ccc1O. The van der Waals surface area contributed by atoms with Gasteiger partial charge in [-0.1, -0.05) is 6.07 Å². The predicted molar refractivity (Wildman–Crippen MR) is 157 cm³/mol. The first-order chi connectivity index (χ1) is 20.6. The zero-order chi connectivity index (χ0) is 30.9. The van der Waals surface area contributed by atoms with Gasteiger partial charge in [-0.2, -0.15) is 0 Å². The molecule has 4 rings (SSSR count). The van der Waals surface area contributed by atoms with E-state index in [2.05, 4.69) is 5.32 Å². The van der Waals surface area contributed by atoms with Gasteiger partial charge in [-0.05, 0) is 54.5 Å². The standard InChI is InChI=1S/C31H31NO11/c1-18-14-20(4-6-22(18)34)30-31(29(39)28-25(37)16-21(33)17-26(28)43-30)42-13-12-41-11-10-40-9-8-32-27(38)7-3-19-2-5-23(35)24(36)15-19/h2-7,14-17,33-37H,8-13H2,1H3,(H,32,38)/b7-3+. The lowest BCUT2D eigenvalue weighted by atomic mass is 10.1. The molecule has 12 heteroatoms. The van der Waals surface area contributed by atoms with Gasteiger partial charge in [0.15, 0.2) is 17.3 Å². The second-order valence-corrected chi connectivity index (χ2v) is 9.37. The van der Waals surface area contributed by atoms with E-state index < -0.39 is 11.2 Å². The number of fused-ring (bicyclic) bond motifs is 1. The molecule has 1 amide bonds. The summed E-state index contributed by atoms with van der Waals surface area (Å²) in [5.74, 6) is -1.65. The summed E-state index contributed by atoms with van der Waals surface area (Å²) in [4.78, 5) is 25.2. The van der Waals surface area contributed by atoms with Gasteiger partial charge >= 0.3 is 0 Å². The van der Waals surface area contributed by atoms with Gasteiger partial charge in [0.25, 0.3) is 0 Å². The molecule has 1 aromatic heterocycles. The number of nitrogens with one attached hydrogen (secondary N) is 1. The lowest BCUT2D eigenvalue weighted by Crippen LogP contribution is -2.26. The number of aryl methyl sites for hydroxylation is 1. The number of aromatic hydroxyl groups is 5. The van der Waals surface area contributed by atoms with Crippen molar-refractivity contribution in [1.29, 1.82) is 0 Å². The summed E-state index contributed by atoms with van der Waals surface area (Å²) in [6, 6.07) is 11.1. The molecule has 12 nitrogen and oxygen atoms in total. The summed E-state index contributed by atoms with van der Waals surface area (Å²) < 4.78 is 22.5. The third kappa shape index (κ3) is 7.97. The molecule has 0 saturated carbocycles. The van der Waals surface area contributed by atoms with E-state index >= 15 is 0 Å². The van der Waals surface area contributed by atoms with Gasteiger partial charge in [0, 0.05) is 30.3 Å². The van der Waals surface area contributed by atoms with Gasteiger partial charge in [0.05, 0.1) is 26.4 Å². The number of benzene rings is 3. The molecule has 6 N–H and O–H groups in total. The van der Waals surface area contributed by atoms with E-state index in [1.165, 1.54) is 36.4 Å². The number of hydrogen-bond acceptors (Lipinski definition) is 11. The molecular formula is C31H31NO11. The lowest BCUT2D eigenvalue weighted by Gasteiger charge is -2.13. The highest BCUT2D eigenvalue weighted by molar-refractivity contribution is 5.91. The Morgan fingerprint density at radius 3 is 2.30 bits per heavy atom. The van der Waals surface area contributed by atoms with Crippen LogP contribution in [0.4, 0.5) is 0 Å². The zero-order valence-electron chi connectivity index (χ0n) is 23.2. The second kappa shape index (κ2) is 14.1. The molecule has 0 saturated heterocycles. The molecule has 43 heavy (non-hydrogen) atoms.